The molecule has 0 unspecified atom stereocenters. The minimum Gasteiger partial charge on any atom is -0.296 e. The van der Waals surface area contributed by atoms with Crippen LogP contribution >= 0.6 is 0 Å². The van der Waals surface area contributed by atoms with Crippen LogP contribution in [0.2, 0.25) is 0 Å². The smallest absolute Gasteiger partial charge is 0.296 e. The van der Waals surface area contributed by atoms with E-state index in [0.29, 0.717) is 12.4 Å². The molecular weight excluding hydrogens is 474 g/mol. The van der Waals surface area contributed by atoms with Crippen molar-refractivity contribution in [2.45, 2.75) is 91.1 Å². The van der Waals surface area contributed by atoms with E-state index in [-0.39, 0.29) is 5.69 Å². The van der Waals surface area contributed by atoms with Gasteiger partial charge in [-0.25, -0.2) is 9.89 Å². The Morgan fingerprint density at radius 2 is 1.84 bits per heavy atom. The average Bonchev–Trinajstić information content (AvgIpc) is 3.57. The van der Waals surface area contributed by atoms with E-state index in [1.807, 2.05) is 16.7 Å². The fourth-order valence-electron chi connectivity index (χ4n) is 5.88. The molecule has 5 rings (SSSR count). The van der Waals surface area contributed by atoms with Crippen molar-refractivity contribution < 1.29 is 0 Å². The van der Waals surface area contributed by atoms with Crippen molar-refractivity contribution in [3.05, 3.63) is 70.0 Å². The lowest BCUT2D eigenvalue weighted by Gasteiger charge is -2.21. The minimum atomic E-state index is 0.138. The van der Waals surface area contributed by atoms with E-state index in [1.165, 1.54) is 50.6 Å². The molecule has 8 nitrogen and oxygen atoms in total. The van der Waals surface area contributed by atoms with E-state index in [1.54, 1.807) is 6.20 Å². The van der Waals surface area contributed by atoms with Crippen molar-refractivity contribution in [3.63, 3.8) is 0 Å². The molecule has 1 aliphatic carbocycles. The zero-order valence-corrected chi connectivity index (χ0v) is 22.7. The van der Waals surface area contributed by atoms with Crippen molar-refractivity contribution >= 4 is 0 Å². The first kappa shape index (κ1) is 26.1. The first-order valence-corrected chi connectivity index (χ1v) is 14.2. The number of rotatable bonds is 11. The van der Waals surface area contributed by atoms with Crippen molar-refractivity contribution in [1.82, 2.24) is 34.7 Å². The van der Waals surface area contributed by atoms with E-state index >= 15 is 0 Å². The summed E-state index contributed by atoms with van der Waals surface area (Å²) in [4.78, 5) is 18.3. The third kappa shape index (κ3) is 5.79. The number of nitrogens with zero attached hydrogens (tertiary/aromatic N) is 6. The Morgan fingerprint density at radius 1 is 1.03 bits per heavy atom. The van der Waals surface area contributed by atoms with Gasteiger partial charge >= 0.3 is 5.69 Å². The molecule has 38 heavy (non-hydrogen) atoms. The van der Waals surface area contributed by atoms with Gasteiger partial charge in [0, 0.05) is 35.3 Å². The maximum Gasteiger partial charge on any atom is 0.328 e. The Bertz CT molecular complexity index is 1360. The van der Waals surface area contributed by atoms with Crippen LogP contribution in [0, 0.1) is 12.8 Å². The van der Waals surface area contributed by atoms with Crippen LogP contribution in [0.15, 0.2) is 47.4 Å². The zero-order valence-electron chi connectivity index (χ0n) is 22.7. The molecule has 0 spiro atoms. The molecule has 0 atom stereocenters. The number of imidazole rings is 1. The Labute approximate surface area is 224 Å². The molecule has 4 aromatic rings. The summed E-state index contributed by atoms with van der Waals surface area (Å²) in [6, 6.07) is 12.2. The van der Waals surface area contributed by atoms with E-state index in [0.717, 1.165) is 59.8 Å². The topological polar surface area (TPSA) is 94.3 Å². The highest BCUT2D eigenvalue weighted by atomic mass is 16.1. The lowest BCUT2D eigenvalue weighted by Crippen LogP contribution is -2.27. The van der Waals surface area contributed by atoms with Gasteiger partial charge in [-0.15, -0.1) is 5.10 Å². The van der Waals surface area contributed by atoms with Gasteiger partial charge < -0.3 is 0 Å². The standard InChI is InChI=1S/C30H39N7O/c1-3-4-6-13-27-22(2)36(20-18-23-10-7-5-8-11-23)30(38)37(27)21-24-14-16-25(17-15-24)28-26(12-9-19-31-28)29-32-34-35-33-29/h9,12,14-17,19,23H,3-8,10-11,13,18,20-21H2,1-2H3,(H,32,33,34,35). The summed E-state index contributed by atoms with van der Waals surface area (Å²) in [5, 5.41) is 14.3. The third-order valence-corrected chi connectivity index (χ3v) is 8.09. The van der Waals surface area contributed by atoms with Gasteiger partial charge in [0.2, 0.25) is 0 Å². The van der Waals surface area contributed by atoms with Gasteiger partial charge in [0.05, 0.1) is 12.2 Å². The van der Waals surface area contributed by atoms with Crippen LogP contribution < -0.4 is 5.69 Å². The van der Waals surface area contributed by atoms with Crippen molar-refractivity contribution in [3.8, 4) is 22.6 Å². The molecule has 200 valence electrons. The van der Waals surface area contributed by atoms with Crippen molar-refractivity contribution in [2.24, 2.45) is 5.92 Å². The zero-order chi connectivity index (χ0) is 26.3. The third-order valence-electron chi connectivity index (χ3n) is 8.09. The molecule has 0 radical (unpaired) electrons. The number of hydrogen-bond donors (Lipinski definition) is 1. The van der Waals surface area contributed by atoms with Crippen molar-refractivity contribution in [1.29, 1.82) is 0 Å². The lowest BCUT2D eigenvalue weighted by atomic mass is 9.87. The fourth-order valence-corrected chi connectivity index (χ4v) is 5.88. The molecule has 0 aliphatic heterocycles. The molecule has 3 aromatic heterocycles. The molecule has 1 N–H and O–H groups in total. The van der Waals surface area contributed by atoms with Gasteiger partial charge in [0.25, 0.3) is 0 Å². The van der Waals surface area contributed by atoms with Gasteiger partial charge in [0.1, 0.15) is 0 Å². The van der Waals surface area contributed by atoms with Gasteiger partial charge in [-0.3, -0.25) is 14.1 Å². The second-order valence-corrected chi connectivity index (χ2v) is 10.6. The number of aromatic amines is 1. The summed E-state index contributed by atoms with van der Waals surface area (Å²) < 4.78 is 4.07. The van der Waals surface area contributed by atoms with Crippen LogP contribution in [0.25, 0.3) is 22.6 Å². The number of hydrogen-bond acceptors (Lipinski definition) is 5. The fraction of sp³-hybridized carbons (Fsp3) is 0.500. The van der Waals surface area contributed by atoms with Crippen LogP contribution in [0.3, 0.4) is 0 Å². The SMILES string of the molecule is CCCCCc1c(C)n(CCC2CCCCC2)c(=O)n1Cc1ccc(-c2ncccc2-c2nnn[nH]2)cc1. The molecule has 1 saturated carbocycles. The number of benzene rings is 1. The van der Waals surface area contributed by atoms with Gasteiger partial charge in [-0.1, -0.05) is 76.1 Å². The highest BCUT2D eigenvalue weighted by Gasteiger charge is 2.20. The largest absolute Gasteiger partial charge is 0.328 e. The predicted molar refractivity (Wildman–Crippen MR) is 150 cm³/mol. The number of tetrazole rings is 1. The molecule has 0 bridgehead atoms. The highest BCUT2D eigenvalue weighted by Crippen LogP contribution is 2.29. The van der Waals surface area contributed by atoms with E-state index in [2.05, 4.69) is 68.3 Å². The van der Waals surface area contributed by atoms with E-state index in [4.69, 9.17) is 0 Å². The number of aromatic nitrogens is 7. The maximum atomic E-state index is 13.7. The van der Waals surface area contributed by atoms with Gasteiger partial charge in [-0.2, -0.15) is 0 Å². The Hall–Kier alpha value is -3.55. The first-order chi connectivity index (χ1) is 18.7. The second-order valence-electron chi connectivity index (χ2n) is 10.6. The van der Waals surface area contributed by atoms with Crippen LogP contribution in [-0.2, 0) is 19.5 Å². The van der Waals surface area contributed by atoms with Gasteiger partial charge in [0.15, 0.2) is 5.82 Å². The molecule has 0 saturated heterocycles. The molecule has 3 heterocycles. The number of unbranched alkanes of at least 4 members (excludes halogenated alkanes) is 2. The van der Waals surface area contributed by atoms with Crippen LogP contribution in [0.4, 0.5) is 0 Å². The quantitative estimate of drug-likeness (QED) is 0.250. The number of nitrogens with one attached hydrogen (secondary N) is 1. The molecule has 1 aromatic carbocycles. The molecular formula is C30H39N7O. The summed E-state index contributed by atoms with van der Waals surface area (Å²) in [6.45, 7) is 5.78. The Balaban J connectivity index is 1.39. The van der Waals surface area contributed by atoms with E-state index in [9.17, 15) is 4.79 Å². The monoisotopic (exact) mass is 513 g/mol. The lowest BCUT2D eigenvalue weighted by molar-refractivity contribution is 0.321. The summed E-state index contributed by atoms with van der Waals surface area (Å²) >= 11 is 0. The summed E-state index contributed by atoms with van der Waals surface area (Å²) in [6.07, 6.45) is 14.0. The normalized spacial score (nSPS) is 14.3. The highest BCUT2D eigenvalue weighted by molar-refractivity contribution is 5.76. The maximum absolute atomic E-state index is 13.7. The van der Waals surface area contributed by atoms with E-state index < -0.39 is 0 Å². The second kappa shape index (κ2) is 12.3. The Kier molecular flexibility index (Phi) is 8.46. The molecule has 1 aliphatic rings. The van der Waals surface area contributed by atoms with Crippen LogP contribution in [0.1, 0.15) is 81.7 Å². The van der Waals surface area contributed by atoms with Crippen LogP contribution in [-0.4, -0.2) is 34.7 Å². The minimum absolute atomic E-state index is 0.138. The summed E-state index contributed by atoms with van der Waals surface area (Å²) in [5.74, 6) is 1.35. The first-order valence-electron chi connectivity index (χ1n) is 14.2. The summed E-state index contributed by atoms with van der Waals surface area (Å²) in [5.41, 5.74) is 6.25. The van der Waals surface area contributed by atoms with Crippen LogP contribution in [0.5, 0.6) is 0 Å². The van der Waals surface area contributed by atoms with Gasteiger partial charge in [-0.05, 0) is 60.2 Å². The van der Waals surface area contributed by atoms with Crippen molar-refractivity contribution in [2.75, 3.05) is 0 Å². The molecule has 8 heteroatoms. The molecule has 0 amide bonds. The average molecular weight is 514 g/mol. The number of pyridine rings is 1. The summed E-state index contributed by atoms with van der Waals surface area (Å²) in [7, 11) is 0. The molecule has 1 fully saturated rings. The number of H-pyrrole nitrogens is 1. The Morgan fingerprint density at radius 3 is 2.58 bits per heavy atom. The predicted octanol–water partition coefficient (Wildman–Crippen LogP) is 5.95.